The van der Waals surface area contributed by atoms with Gasteiger partial charge >= 0.3 is 0 Å². The fraction of sp³-hybridized carbons (Fsp3) is 0.312. The van der Waals surface area contributed by atoms with E-state index >= 15 is 0 Å². The molecule has 0 bridgehead atoms. The number of amides is 1. The Morgan fingerprint density at radius 1 is 1.25 bits per heavy atom. The second kappa shape index (κ2) is 5.77. The molecule has 0 unspecified atom stereocenters. The minimum absolute atomic E-state index is 0.0344. The van der Waals surface area contributed by atoms with Gasteiger partial charge in [-0.25, -0.2) is 0 Å². The summed E-state index contributed by atoms with van der Waals surface area (Å²) in [5.74, 6) is 0.0344. The van der Waals surface area contributed by atoms with Gasteiger partial charge in [0.15, 0.2) is 0 Å². The zero-order chi connectivity index (χ0) is 13.9. The highest BCUT2D eigenvalue weighted by atomic mass is 32.1. The zero-order valence-electron chi connectivity index (χ0n) is 11.2. The topological polar surface area (TPSA) is 46.3 Å². The van der Waals surface area contributed by atoms with Gasteiger partial charge in [0.05, 0.1) is 6.54 Å². The van der Waals surface area contributed by atoms with E-state index in [4.69, 9.17) is 5.73 Å². The molecule has 104 valence electrons. The normalized spacial score (nSPS) is 15.8. The number of nitrogens with two attached hydrogens (primary N) is 1. The number of nitrogens with zero attached hydrogens (tertiary/aromatic N) is 1. The third kappa shape index (κ3) is 2.92. The van der Waals surface area contributed by atoms with Crippen molar-refractivity contribution in [1.29, 1.82) is 0 Å². The highest BCUT2D eigenvalue weighted by Crippen LogP contribution is 2.31. The van der Waals surface area contributed by atoms with Crippen LogP contribution in [0.1, 0.15) is 29.3 Å². The van der Waals surface area contributed by atoms with Crippen LogP contribution in [-0.4, -0.2) is 16.8 Å². The smallest absolute Gasteiger partial charge is 0.244 e. The summed E-state index contributed by atoms with van der Waals surface area (Å²) in [5.41, 5.74) is 7.03. The van der Waals surface area contributed by atoms with Crippen molar-refractivity contribution in [2.45, 2.75) is 31.5 Å². The van der Waals surface area contributed by atoms with Crippen molar-refractivity contribution in [3.05, 3.63) is 58.3 Å². The van der Waals surface area contributed by atoms with Gasteiger partial charge in [-0.2, -0.15) is 0 Å². The Labute approximate surface area is 123 Å². The van der Waals surface area contributed by atoms with Gasteiger partial charge in [-0.05, 0) is 29.9 Å². The first-order valence-electron chi connectivity index (χ1n) is 6.89. The molecule has 2 aromatic rings. The van der Waals surface area contributed by atoms with Gasteiger partial charge in [-0.15, -0.1) is 11.3 Å². The van der Waals surface area contributed by atoms with Crippen molar-refractivity contribution in [3.63, 3.8) is 0 Å². The Kier molecular flexibility index (Phi) is 3.85. The molecule has 0 radical (unpaired) electrons. The Bertz CT molecular complexity index is 563. The van der Waals surface area contributed by atoms with E-state index in [0.29, 0.717) is 12.6 Å². The molecule has 0 saturated heterocycles. The van der Waals surface area contributed by atoms with Gasteiger partial charge < -0.3 is 10.6 Å². The summed E-state index contributed by atoms with van der Waals surface area (Å²) in [5, 5.41) is 2.04. The second-order valence-corrected chi connectivity index (χ2v) is 6.20. The van der Waals surface area contributed by atoms with Crippen LogP contribution < -0.4 is 5.73 Å². The molecule has 1 aromatic heterocycles. The SMILES string of the molecule is N[C@H](C(=O)N(Cc1cccs1)C1CC1)c1ccccc1. The summed E-state index contributed by atoms with van der Waals surface area (Å²) in [7, 11) is 0. The van der Waals surface area contributed by atoms with Crippen LogP contribution in [0.25, 0.3) is 0 Å². The van der Waals surface area contributed by atoms with E-state index in [9.17, 15) is 4.79 Å². The average molecular weight is 286 g/mol. The van der Waals surface area contributed by atoms with Crippen LogP contribution in [0, 0.1) is 0 Å². The van der Waals surface area contributed by atoms with Gasteiger partial charge in [-0.3, -0.25) is 4.79 Å². The molecular weight excluding hydrogens is 268 g/mol. The quantitative estimate of drug-likeness (QED) is 0.918. The van der Waals surface area contributed by atoms with Crippen molar-refractivity contribution in [1.82, 2.24) is 4.90 Å². The highest BCUT2D eigenvalue weighted by molar-refractivity contribution is 7.09. The maximum absolute atomic E-state index is 12.7. The molecular formula is C16H18N2OS. The van der Waals surface area contributed by atoms with Gasteiger partial charge in [0.25, 0.3) is 0 Å². The first-order valence-corrected chi connectivity index (χ1v) is 7.77. The summed E-state index contributed by atoms with van der Waals surface area (Å²) in [6, 6.07) is 13.5. The molecule has 1 aromatic carbocycles. The summed E-state index contributed by atoms with van der Waals surface area (Å²) in [6.07, 6.45) is 2.19. The summed E-state index contributed by atoms with van der Waals surface area (Å²) >= 11 is 1.69. The molecule has 0 spiro atoms. The predicted molar refractivity (Wildman–Crippen MR) is 81.3 cm³/mol. The van der Waals surface area contributed by atoms with Gasteiger partial charge in [0, 0.05) is 10.9 Å². The first-order chi connectivity index (χ1) is 9.75. The minimum atomic E-state index is -0.559. The van der Waals surface area contributed by atoms with Crippen LogP contribution in [0.2, 0.25) is 0 Å². The molecule has 3 rings (SSSR count). The van der Waals surface area contributed by atoms with E-state index in [-0.39, 0.29) is 5.91 Å². The predicted octanol–water partition coefficient (Wildman–Crippen LogP) is 2.94. The molecule has 3 nitrogen and oxygen atoms in total. The van der Waals surface area contributed by atoms with Crippen molar-refractivity contribution < 1.29 is 4.79 Å². The van der Waals surface area contributed by atoms with E-state index in [2.05, 4.69) is 6.07 Å². The van der Waals surface area contributed by atoms with Crippen molar-refractivity contribution in [2.75, 3.05) is 0 Å². The van der Waals surface area contributed by atoms with Crippen molar-refractivity contribution >= 4 is 17.2 Å². The molecule has 1 atom stereocenters. The number of rotatable bonds is 5. The molecule has 20 heavy (non-hydrogen) atoms. The first kappa shape index (κ1) is 13.3. The van der Waals surface area contributed by atoms with Crippen LogP contribution in [0.5, 0.6) is 0 Å². The van der Waals surface area contributed by atoms with E-state index in [1.54, 1.807) is 11.3 Å². The molecule has 2 N–H and O–H groups in total. The monoisotopic (exact) mass is 286 g/mol. The van der Waals surface area contributed by atoms with Crippen LogP contribution in [0.15, 0.2) is 47.8 Å². The van der Waals surface area contributed by atoms with Gasteiger partial charge in [0.2, 0.25) is 5.91 Å². The van der Waals surface area contributed by atoms with Crippen LogP contribution in [-0.2, 0) is 11.3 Å². The molecule has 1 saturated carbocycles. The number of carbonyl (C=O) groups excluding carboxylic acids is 1. The Morgan fingerprint density at radius 2 is 2.00 bits per heavy atom. The van der Waals surface area contributed by atoms with Crippen molar-refractivity contribution in [3.8, 4) is 0 Å². The van der Waals surface area contributed by atoms with Gasteiger partial charge in [0.1, 0.15) is 6.04 Å². The maximum atomic E-state index is 12.7. The number of hydrogen-bond acceptors (Lipinski definition) is 3. The minimum Gasteiger partial charge on any atom is -0.333 e. The lowest BCUT2D eigenvalue weighted by Gasteiger charge is -2.25. The Morgan fingerprint density at radius 3 is 2.60 bits per heavy atom. The maximum Gasteiger partial charge on any atom is 0.244 e. The van der Waals surface area contributed by atoms with Crippen LogP contribution in [0.3, 0.4) is 0 Å². The van der Waals surface area contributed by atoms with E-state index < -0.39 is 6.04 Å². The Balaban J connectivity index is 1.75. The summed E-state index contributed by atoms with van der Waals surface area (Å²) < 4.78 is 0. The Hall–Kier alpha value is -1.65. The lowest BCUT2D eigenvalue weighted by atomic mass is 10.1. The summed E-state index contributed by atoms with van der Waals surface area (Å²) in [6.45, 7) is 0.682. The molecule has 1 fully saturated rings. The molecule has 4 heteroatoms. The van der Waals surface area contributed by atoms with Gasteiger partial charge in [-0.1, -0.05) is 36.4 Å². The molecule has 1 amide bonds. The molecule has 1 aliphatic rings. The number of thiophene rings is 1. The van der Waals surface area contributed by atoms with E-state index in [1.165, 1.54) is 4.88 Å². The largest absolute Gasteiger partial charge is 0.333 e. The number of hydrogen-bond donors (Lipinski definition) is 1. The lowest BCUT2D eigenvalue weighted by Crippen LogP contribution is -2.39. The van der Waals surface area contributed by atoms with E-state index in [1.807, 2.05) is 46.7 Å². The lowest BCUT2D eigenvalue weighted by molar-refractivity contribution is -0.133. The van der Waals surface area contributed by atoms with E-state index in [0.717, 1.165) is 18.4 Å². The summed E-state index contributed by atoms with van der Waals surface area (Å²) in [4.78, 5) is 15.8. The standard InChI is InChI=1S/C16H18N2OS/c17-15(12-5-2-1-3-6-12)16(19)18(13-8-9-13)11-14-7-4-10-20-14/h1-7,10,13,15H,8-9,11,17H2/t15-/m0/s1. The van der Waals surface area contributed by atoms with Crippen LogP contribution in [0.4, 0.5) is 0 Å². The zero-order valence-corrected chi connectivity index (χ0v) is 12.1. The number of carbonyl (C=O) groups is 1. The fourth-order valence-electron chi connectivity index (χ4n) is 2.33. The third-order valence-corrected chi connectivity index (χ3v) is 4.46. The average Bonchev–Trinajstić information content (AvgIpc) is 3.21. The highest BCUT2D eigenvalue weighted by Gasteiger charge is 2.35. The second-order valence-electron chi connectivity index (χ2n) is 5.17. The molecule has 1 aliphatic carbocycles. The number of benzene rings is 1. The molecule has 0 aliphatic heterocycles. The van der Waals surface area contributed by atoms with Crippen LogP contribution >= 0.6 is 11.3 Å². The molecule has 1 heterocycles. The fourth-order valence-corrected chi connectivity index (χ4v) is 3.03. The third-order valence-electron chi connectivity index (χ3n) is 3.60. The van der Waals surface area contributed by atoms with Crippen molar-refractivity contribution in [2.24, 2.45) is 5.73 Å².